The Balaban J connectivity index is 1.55. The van der Waals surface area contributed by atoms with Crippen LogP contribution in [0.5, 0.6) is 0 Å². The zero-order valence-corrected chi connectivity index (χ0v) is 22.4. The number of anilines is 4. The third-order valence-corrected chi connectivity index (χ3v) is 9.88. The summed E-state index contributed by atoms with van der Waals surface area (Å²) in [5, 5.41) is 15.5. The Kier molecular flexibility index (Phi) is 7.01. The second-order valence-electron chi connectivity index (χ2n) is 10.6. The normalized spacial score (nSPS) is 21.2. The lowest BCUT2D eigenvalue weighted by Gasteiger charge is -2.41. The molecule has 1 aliphatic carbocycles. The molecule has 2 fully saturated rings. The Morgan fingerprint density at radius 1 is 1.19 bits per heavy atom. The Hall–Kier alpha value is -2.92. The number of hydrogen-bond donors (Lipinski definition) is 3. The highest BCUT2D eigenvalue weighted by Crippen LogP contribution is 2.58. The van der Waals surface area contributed by atoms with Crippen molar-refractivity contribution in [2.24, 2.45) is 11.3 Å². The summed E-state index contributed by atoms with van der Waals surface area (Å²) in [6, 6.07) is 6.86. The number of aromatic nitrogens is 2. The summed E-state index contributed by atoms with van der Waals surface area (Å²) in [4.78, 5) is 24.8. The number of fused-ring (bicyclic) bond motifs is 7. The molecule has 2 aliphatic heterocycles. The fraction of sp³-hybridized carbons (Fsp3) is 0.577. The molecule has 5 rings (SSSR count). The van der Waals surface area contributed by atoms with E-state index in [4.69, 9.17) is 0 Å². The summed E-state index contributed by atoms with van der Waals surface area (Å²) in [5.74, 6) is 0.781. The van der Waals surface area contributed by atoms with Gasteiger partial charge in [-0.25, -0.2) is 13.4 Å². The summed E-state index contributed by atoms with van der Waals surface area (Å²) in [7, 11) is -2.20. The second-order valence-corrected chi connectivity index (χ2v) is 12.7. The first kappa shape index (κ1) is 25.7. The molecule has 3 aliphatic rings. The molecule has 1 aromatic heterocycles. The van der Waals surface area contributed by atoms with E-state index in [9.17, 15) is 18.3 Å². The van der Waals surface area contributed by atoms with E-state index in [-0.39, 0.29) is 11.7 Å². The van der Waals surface area contributed by atoms with Gasteiger partial charge in [-0.1, -0.05) is 6.42 Å². The van der Waals surface area contributed by atoms with E-state index in [2.05, 4.69) is 25.5 Å². The smallest absolute Gasteiger partial charge is 0.258 e. The molecule has 0 radical (unpaired) electrons. The summed E-state index contributed by atoms with van der Waals surface area (Å²) in [6.45, 7) is 3.86. The molecule has 1 spiro atoms. The molecule has 10 nitrogen and oxygen atoms in total. The van der Waals surface area contributed by atoms with Crippen LogP contribution >= 0.6 is 0 Å². The maximum atomic E-state index is 13.6. The van der Waals surface area contributed by atoms with Crippen molar-refractivity contribution in [1.82, 2.24) is 9.97 Å². The predicted octanol–water partition coefficient (Wildman–Crippen LogP) is 3.00. The molecule has 1 aromatic carbocycles. The monoisotopic (exact) mass is 528 g/mol. The summed E-state index contributed by atoms with van der Waals surface area (Å²) in [6.07, 6.45) is 6.82. The van der Waals surface area contributed by atoms with Crippen molar-refractivity contribution >= 4 is 39.1 Å². The molecule has 11 heteroatoms. The van der Waals surface area contributed by atoms with Crippen molar-refractivity contribution in [2.45, 2.75) is 45.4 Å². The van der Waals surface area contributed by atoms with E-state index in [1.807, 2.05) is 6.92 Å². The number of rotatable bonds is 4. The minimum Gasteiger partial charge on any atom is -0.395 e. The highest BCUT2D eigenvalue weighted by Gasteiger charge is 2.51. The van der Waals surface area contributed by atoms with Crippen LogP contribution in [-0.4, -0.2) is 68.4 Å². The number of aryl methyl sites for hydroxylation is 1. The molecule has 37 heavy (non-hydrogen) atoms. The van der Waals surface area contributed by atoms with Crippen molar-refractivity contribution in [2.75, 3.05) is 58.9 Å². The first-order valence-electron chi connectivity index (χ1n) is 13.1. The van der Waals surface area contributed by atoms with Crippen LogP contribution in [0.2, 0.25) is 0 Å². The molecule has 1 unspecified atom stereocenters. The van der Waals surface area contributed by atoms with Crippen molar-refractivity contribution in [1.29, 1.82) is 0 Å². The van der Waals surface area contributed by atoms with Crippen LogP contribution in [0, 0.1) is 18.3 Å². The van der Waals surface area contributed by atoms with Crippen molar-refractivity contribution < 1.29 is 18.3 Å². The molecule has 1 saturated carbocycles. The van der Waals surface area contributed by atoms with Crippen LogP contribution in [0.4, 0.5) is 23.1 Å². The molecule has 1 atom stereocenters. The number of aliphatic hydroxyl groups is 1. The predicted molar refractivity (Wildman–Crippen MR) is 145 cm³/mol. The average Bonchev–Trinajstić information content (AvgIpc) is 3.63. The quantitative estimate of drug-likeness (QED) is 0.553. The van der Waals surface area contributed by atoms with Crippen LogP contribution in [-0.2, 0) is 10.0 Å². The van der Waals surface area contributed by atoms with E-state index >= 15 is 0 Å². The van der Waals surface area contributed by atoms with Gasteiger partial charge in [0.15, 0.2) is 0 Å². The summed E-state index contributed by atoms with van der Waals surface area (Å²) < 4.78 is 26.5. The average molecular weight is 529 g/mol. The first-order valence-corrected chi connectivity index (χ1v) is 14.7. The van der Waals surface area contributed by atoms with E-state index in [1.54, 1.807) is 24.3 Å². The maximum Gasteiger partial charge on any atom is 0.258 e. The lowest BCUT2D eigenvalue weighted by atomic mass is 9.79. The fourth-order valence-electron chi connectivity index (χ4n) is 5.74. The third kappa shape index (κ3) is 5.38. The highest BCUT2D eigenvalue weighted by atomic mass is 32.2. The molecular formula is C26H36N6O4S. The Morgan fingerprint density at radius 2 is 2.00 bits per heavy atom. The topological polar surface area (TPSA) is 128 Å². The number of nitrogens with zero attached hydrogens (tertiary/aromatic N) is 4. The highest BCUT2D eigenvalue weighted by molar-refractivity contribution is 7.92. The third-order valence-electron chi connectivity index (χ3n) is 8.13. The van der Waals surface area contributed by atoms with Gasteiger partial charge in [0.2, 0.25) is 16.0 Å². The summed E-state index contributed by atoms with van der Waals surface area (Å²) >= 11 is 0. The largest absolute Gasteiger partial charge is 0.395 e. The molecule has 4 bridgehead atoms. The van der Waals surface area contributed by atoms with Gasteiger partial charge in [0.25, 0.3) is 5.91 Å². The SMILES string of the molecule is Cc1cc2nc(n1)NCCCCC1CN(CCC13CC3)c1cc(N(C)S(=O)(=O)CCO)ccc1C(=O)N2. The van der Waals surface area contributed by atoms with E-state index in [0.29, 0.717) is 34.3 Å². The molecule has 3 heterocycles. The van der Waals surface area contributed by atoms with Gasteiger partial charge < -0.3 is 20.6 Å². The number of benzene rings is 1. The van der Waals surface area contributed by atoms with E-state index in [0.717, 1.165) is 56.7 Å². The first-order chi connectivity index (χ1) is 17.7. The Morgan fingerprint density at radius 3 is 2.76 bits per heavy atom. The Labute approximate surface area is 218 Å². The lowest BCUT2D eigenvalue weighted by molar-refractivity contribution is 0.102. The molecule has 3 N–H and O–H groups in total. The van der Waals surface area contributed by atoms with Crippen molar-refractivity contribution in [3.05, 3.63) is 35.5 Å². The van der Waals surface area contributed by atoms with E-state index in [1.165, 1.54) is 24.2 Å². The van der Waals surface area contributed by atoms with Crippen LogP contribution in [0.1, 0.15) is 54.6 Å². The van der Waals surface area contributed by atoms with Crippen LogP contribution in [0.3, 0.4) is 0 Å². The number of nitrogens with one attached hydrogen (secondary N) is 2. The van der Waals surface area contributed by atoms with Gasteiger partial charge in [0, 0.05) is 38.4 Å². The van der Waals surface area contributed by atoms with Gasteiger partial charge in [-0.2, -0.15) is 4.98 Å². The van der Waals surface area contributed by atoms with Gasteiger partial charge in [0.1, 0.15) is 5.82 Å². The molecule has 1 amide bonds. The number of piperidine rings is 1. The number of carbonyl (C=O) groups is 1. The van der Waals surface area contributed by atoms with Gasteiger partial charge >= 0.3 is 0 Å². The zero-order chi connectivity index (χ0) is 26.2. The molecule has 2 aromatic rings. The standard InChI is InChI=1S/C26H36N6O4S/c1-18-15-23-29-24(34)21-7-6-20(31(2)37(35,36)14-13-33)16-22(21)32-12-10-26(8-9-26)19(17-32)5-3-4-11-27-25(28-18)30-23/h6-7,15-16,19,33H,3-5,8-14,17H2,1-2H3,(H2,27,28,29,30,34). The second kappa shape index (κ2) is 10.1. The van der Waals surface area contributed by atoms with Gasteiger partial charge in [0.05, 0.1) is 29.3 Å². The van der Waals surface area contributed by atoms with Crippen LogP contribution < -0.4 is 19.8 Å². The minimum atomic E-state index is -3.69. The van der Waals surface area contributed by atoms with Gasteiger partial charge in [-0.15, -0.1) is 0 Å². The fourth-order valence-corrected chi connectivity index (χ4v) is 6.68. The maximum absolute atomic E-state index is 13.6. The van der Waals surface area contributed by atoms with Crippen LogP contribution in [0.15, 0.2) is 24.3 Å². The minimum absolute atomic E-state index is 0.301. The lowest BCUT2D eigenvalue weighted by Crippen LogP contribution is -2.42. The van der Waals surface area contributed by atoms with Crippen molar-refractivity contribution in [3.8, 4) is 0 Å². The number of hydrogen-bond acceptors (Lipinski definition) is 8. The Bertz CT molecular complexity index is 1280. The van der Waals surface area contributed by atoms with E-state index < -0.39 is 16.6 Å². The number of sulfonamides is 1. The number of amides is 1. The molecular weight excluding hydrogens is 492 g/mol. The zero-order valence-electron chi connectivity index (χ0n) is 21.5. The number of carbonyl (C=O) groups excluding carboxylic acids is 1. The van der Waals surface area contributed by atoms with Crippen LogP contribution in [0.25, 0.3) is 0 Å². The molecule has 1 saturated heterocycles. The van der Waals surface area contributed by atoms with Gasteiger partial charge in [-0.05, 0) is 68.6 Å². The van der Waals surface area contributed by atoms with Gasteiger partial charge in [-0.3, -0.25) is 9.10 Å². The van der Waals surface area contributed by atoms with Crippen molar-refractivity contribution in [3.63, 3.8) is 0 Å². The summed E-state index contributed by atoms with van der Waals surface area (Å²) in [5.41, 5.74) is 2.82. The number of aliphatic hydroxyl groups excluding tert-OH is 1. The molecule has 200 valence electrons.